The van der Waals surface area contributed by atoms with Crippen LogP contribution < -0.4 is 5.32 Å². The topological polar surface area (TPSA) is 66.5 Å². The van der Waals surface area contributed by atoms with Crippen LogP contribution in [0.25, 0.3) is 0 Å². The zero-order valence-electron chi connectivity index (χ0n) is 12.4. The average molecular weight is 280 g/mol. The minimum Gasteiger partial charge on any atom is -0.359 e. The van der Waals surface area contributed by atoms with Crippen LogP contribution in [-0.4, -0.2) is 36.2 Å². The first-order chi connectivity index (χ1) is 9.56. The molecule has 0 aromatic rings. The summed E-state index contributed by atoms with van der Waals surface area (Å²) >= 11 is 0. The Hall–Kier alpha value is -1.39. The summed E-state index contributed by atoms with van der Waals surface area (Å²) in [5.74, 6) is 0.456. The van der Waals surface area contributed by atoms with E-state index in [-0.39, 0.29) is 29.6 Å². The van der Waals surface area contributed by atoms with E-state index in [0.29, 0.717) is 18.9 Å². The molecule has 1 aliphatic heterocycles. The number of hydrogen-bond donors (Lipinski definition) is 1. The quantitative estimate of drug-likeness (QED) is 0.790. The van der Waals surface area contributed by atoms with Crippen LogP contribution in [0, 0.1) is 17.8 Å². The minimum atomic E-state index is -0.107. The van der Waals surface area contributed by atoms with Crippen molar-refractivity contribution in [3.05, 3.63) is 0 Å². The predicted molar refractivity (Wildman–Crippen MR) is 74.6 cm³/mol. The molecule has 5 heteroatoms. The highest BCUT2D eigenvalue weighted by atomic mass is 16.2. The summed E-state index contributed by atoms with van der Waals surface area (Å²) in [5, 5.41) is 2.69. The molecule has 1 heterocycles. The number of imide groups is 1. The van der Waals surface area contributed by atoms with Gasteiger partial charge in [-0.2, -0.15) is 0 Å². The fourth-order valence-electron chi connectivity index (χ4n) is 3.33. The van der Waals surface area contributed by atoms with E-state index >= 15 is 0 Å². The maximum atomic E-state index is 12.1. The standard InChI is InChI=1S/C15H24N2O3/c1-3-11-8-13(18)17(15(11)20)9-10-4-6-12(7-5-10)14(19)16-2/h10-12H,3-9H2,1-2H3,(H,16,19). The van der Waals surface area contributed by atoms with Crippen LogP contribution in [0.3, 0.4) is 0 Å². The second-order valence-corrected chi connectivity index (χ2v) is 5.98. The fraction of sp³-hybridized carbons (Fsp3) is 0.800. The number of rotatable bonds is 4. The molecule has 0 aromatic carbocycles. The van der Waals surface area contributed by atoms with Gasteiger partial charge in [0.1, 0.15) is 0 Å². The highest BCUT2D eigenvalue weighted by Crippen LogP contribution is 2.31. The Balaban J connectivity index is 1.85. The van der Waals surface area contributed by atoms with Crippen molar-refractivity contribution in [3.8, 4) is 0 Å². The Bertz CT molecular complexity index is 400. The van der Waals surface area contributed by atoms with Crippen molar-refractivity contribution in [2.75, 3.05) is 13.6 Å². The second-order valence-electron chi connectivity index (χ2n) is 5.98. The highest BCUT2D eigenvalue weighted by Gasteiger charge is 2.39. The van der Waals surface area contributed by atoms with Gasteiger partial charge in [0, 0.05) is 31.8 Å². The molecule has 3 amide bonds. The first kappa shape index (κ1) is 15.0. The smallest absolute Gasteiger partial charge is 0.232 e. The van der Waals surface area contributed by atoms with Gasteiger partial charge >= 0.3 is 0 Å². The van der Waals surface area contributed by atoms with Gasteiger partial charge in [-0.1, -0.05) is 6.92 Å². The minimum absolute atomic E-state index is 0.00549. The second kappa shape index (κ2) is 6.37. The van der Waals surface area contributed by atoms with Crippen molar-refractivity contribution in [1.29, 1.82) is 0 Å². The molecule has 0 aromatic heterocycles. The van der Waals surface area contributed by atoms with Crippen molar-refractivity contribution in [3.63, 3.8) is 0 Å². The maximum absolute atomic E-state index is 12.1. The molecule has 1 saturated heterocycles. The van der Waals surface area contributed by atoms with Crippen molar-refractivity contribution in [1.82, 2.24) is 10.2 Å². The van der Waals surface area contributed by atoms with Crippen molar-refractivity contribution in [2.24, 2.45) is 17.8 Å². The lowest BCUT2D eigenvalue weighted by Crippen LogP contribution is -2.38. The van der Waals surface area contributed by atoms with Gasteiger partial charge < -0.3 is 5.32 Å². The predicted octanol–water partition coefficient (Wildman–Crippen LogP) is 1.32. The number of likely N-dealkylation sites (tertiary alicyclic amines) is 1. The van der Waals surface area contributed by atoms with Gasteiger partial charge in [0.15, 0.2) is 0 Å². The summed E-state index contributed by atoms with van der Waals surface area (Å²) in [6.07, 6.45) is 4.68. The van der Waals surface area contributed by atoms with Crippen LogP contribution in [0.5, 0.6) is 0 Å². The van der Waals surface area contributed by atoms with Gasteiger partial charge in [-0.05, 0) is 38.0 Å². The van der Waals surface area contributed by atoms with Crippen LogP contribution in [0.1, 0.15) is 45.4 Å². The Labute approximate surface area is 120 Å². The van der Waals surface area contributed by atoms with Crippen molar-refractivity contribution < 1.29 is 14.4 Å². The van der Waals surface area contributed by atoms with Crippen LogP contribution in [-0.2, 0) is 14.4 Å². The molecule has 1 saturated carbocycles. The molecule has 5 nitrogen and oxygen atoms in total. The van der Waals surface area contributed by atoms with Gasteiger partial charge in [0.2, 0.25) is 17.7 Å². The third kappa shape index (κ3) is 3.02. The third-order valence-corrected chi connectivity index (χ3v) is 4.73. The van der Waals surface area contributed by atoms with Crippen molar-refractivity contribution >= 4 is 17.7 Å². The van der Waals surface area contributed by atoms with Gasteiger partial charge in [0.05, 0.1) is 0 Å². The van der Waals surface area contributed by atoms with Crippen molar-refractivity contribution in [2.45, 2.75) is 45.4 Å². The Kier molecular flexibility index (Phi) is 4.78. The molecular weight excluding hydrogens is 256 g/mol. The number of hydrogen-bond acceptors (Lipinski definition) is 3. The van der Waals surface area contributed by atoms with Gasteiger partial charge in [0.25, 0.3) is 0 Å². The normalized spacial score (nSPS) is 30.7. The monoisotopic (exact) mass is 280 g/mol. The molecule has 20 heavy (non-hydrogen) atoms. The van der Waals surface area contributed by atoms with Crippen LogP contribution in [0.15, 0.2) is 0 Å². The van der Waals surface area contributed by atoms with E-state index in [2.05, 4.69) is 5.32 Å². The summed E-state index contributed by atoms with van der Waals surface area (Å²) in [6.45, 7) is 2.50. The Morgan fingerprint density at radius 2 is 1.90 bits per heavy atom. The molecule has 2 fully saturated rings. The zero-order valence-corrected chi connectivity index (χ0v) is 12.4. The van der Waals surface area contributed by atoms with E-state index in [9.17, 15) is 14.4 Å². The first-order valence-corrected chi connectivity index (χ1v) is 7.62. The molecule has 1 atom stereocenters. The Morgan fingerprint density at radius 3 is 2.40 bits per heavy atom. The summed E-state index contributed by atoms with van der Waals surface area (Å²) < 4.78 is 0. The molecule has 0 spiro atoms. The van der Waals surface area contributed by atoms with Gasteiger partial charge in [-0.3, -0.25) is 19.3 Å². The lowest BCUT2D eigenvalue weighted by molar-refractivity contribution is -0.140. The van der Waals surface area contributed by atoms with E-state index in [1.54, 1.807) is 7.05 Å². The molecule has 1 N–H and O–H groups in total. The van der Waals surface area contributed by atoms with Crippen LogP contribution in [0.4, 0.5) is 0 Å². The van der Waals surface area contributed by atoms with Gasteiger partial charge in [-0.25, -0.2) is 0 Å². The Morgan fingerprint density at radius 1 is 1.25 bits per heavy atom. The third-order valence-electron chi connectivity index (χ3n) is 4.73. The first-order valence-electron chi connectivity index (χ1n) is 7.62. The number of nitrogens with zero attached hydrogens (tertiary/aromatic N) is 1. The lowest BCUT2D eigenvalue weighted by atomic mass is 9.81. The molecule has 2 rings (SSSR count). The zero-order chi connectivity index (χ0) is 14.7. The largest absolute Gasteiger partial charge is 0.359 e. The molecule has 2 aliphatic rings. The number of amides is 3. The summed E-state index contributed by atoms with van der Waals surface area (Å²) in [5.41, 5.74) is 0. The highest BCUT2D eigenvalue weighted by molar-refractivity contribution is 6.03. The lowest BCUT2D eigenvalue weighted by Gasteiger charge is -2.29. The fourth-order valence-corrected chi connectivity index (χ4v) is 3.33. The van der Waals surface area contributed by atoms with Gasteiger partial charge in [-0.15, -0.1) is 0 Å². The maximum Gasteiger partial charge on any atom is 0.232 e. The number of nitrogens with one attached hydrogen (secondary N) is 1. The SMILES string of the molecule is CCC1CC(=O)N(CC2CCC(C(=O)NC)CC2)C1=O. The summed E-state index contributed by atoms with van der Waals surface area (Å²) in [7, 11) is 1.67. The molecule has 0 radical (unpaired) electrons. The van der Waals surface area contributed by atoms with E-state index in [1.165, 1.54) is 4.90 Å². The molecule has 0 bridgehead atoms. The van der Waals surface area contributed by atoms with Crippen LogP contribution in [0.2, 0.25) is 0 Å². The van der Waals surface area contributed by atoms with Crippen LogP contribution >= 0.6 is 0 Å². The van der Waals surface area contributed by atoms with E-state index < -0.39 is 0 Å². The molecule has 1 aliphatic carbocycles. The van der Waals surface area contributed by atoms with E-state index in [4.69, 9.17) is 0 Å². The number of carbonyl (C=O) groups excluding carboxylic acids is 3. The summed E-state index contributed by atoms with van der Waals surface area (Å²) in [6, 6.07) is 0. The molecular formula is C15H24N2O3. The average Bonchev–Trinajstić information content (AvgIpc) is 2.74. The number of carbonyl (C=O) groups is 3. The summed E-state index contributed by atoms with van der Waals surface area (Å²) in [4.78, 5) is 37.0. The molecule has 1 unspecified atom stereocenters. The van der Waals surface area contributed by atoms with E-state index in [0.717, 1.165) is 32.1 Å². The molecule has 112 valence electrons. The van der Waals surface area contributed by atoms with E-state index in [1.807, 2.05) is 6.92 Å².